The lowest BCUT2D eigenvalue weighted by Gasteiger charge is -2.27. The summed E-state index contributed by atoms with van der Waals surface area (Å²) in [7, 11) is 0. The molecule has 1 atom stereocenters. The van der Waals surface area contributed by atoms with Gasteiger partial charge in [0.25, 0.3) is 0 Å². The summed E-state index contributed by atoms with van der Waals surface area (Å²) in [5.41, 5.74) is 6.41. The van der Waals surface area contributed by atoms with Crippen molar-refractivity contribution in [3.63, 3.8) is 0 Å². The Labute approximate surface area is 105 Å². The Hall–Kier alpha value is -0.120. The number of nitrogens with two attached hydrogens (primary N) is 1. The van der Waals surface area contributed by atoms with E-state index in [9.17, 15) is 4.39 Å². The summed E-state index contributed by atoms with van der Waals surface area (Å²) < 4.78 is 14.3. The molecule has 0 spiro atoms. The van der Waals surface area contributed by atoms with E-state index in [1.54, 1.807) is 12.1 Å². The minimum atomic E-state index is -0.292. The quantitative estimate of drug-likeness (QED) is 0.831. The molecule has 0 heterocycles. The third-order valence-electron chi connectivity index (χ3n) is 2.23. The first-order chi connectivity index (χ1) is 6.32. The van der Waals surface area contributed by atoms with Crippen LogP contribution in [0.15, 0.2) is 22.7 Å². The predicted molar refractivity (Wildman–Crippen MR) is 67.7 cm³/mol. The molecule has 0 unspecified atom stereocenters. The summed E-state index contributed by atoms with van der Waals surface area (Å²) in [4.78, 5) is 0. The summed E-state index contributed by atoms with van der Waals surface area (Å²) in [5, 5.41) is 0. The molecule has 2 N–H and O–H groups in total. The molecule has 0 fully saturated rings. The van der Waals surface area contributed by atoms with Gasteiger partial charge in [-0.2, -0.15) is 0 Å². The van der Waals surface area contributed by atoms with Crippen LogP contribution in [0.4, 0.5) is 4.39 Å². The zero-order chi connectivity index (χ0) is 10.9. The maximum atomic E-state index is 13.4. The van der Waals surface area contributed by atoms with Crippen LogP contribution in [0.5, 0.6) is 0 Å². The Bertz CT molecular complexity index is 336. The van der Waals surface area contributed by atoms with Gasteiger partial charge in [0, 0.05) is 16.1 Å². The van der Waals surface area contributed by atoms with E-state index in [0.29, 0.717) is 5.56 Å². The van der Waals surface area contributed by atoms with Gasteiger partial charge in [-0.25, -0.2) is 4.39 Å². The van der Waals surface area contributed by atoms with Crippen molar-refractivity contribution >= 4 is 28.3 Å². The van der Waals surface area contributed by atoms with Gasteiger partial charge in [-0.15, -0.1) is 12.4 Å². The second kappa shape index (κ2) is 5.28. The van der Waals surface area contributed by atoms with E-state index in [2.05, 4.69) is 15.9 Å². The normalized spacial score (nSPS) is 13.2. The van der Waals surface area contributed by atoms with Gasteiger partial charge < -0.3 is 5.73 Å². The van der Waals surface area contributed by atoms with E-state index in [0.717, 1.165) is 4.47 Å². The van der Waals surface area contributed by atoms with Crippen molar-refractivity contribution in [2.24, 2.45) is 11.1 Å². The lowest BCUT2D eigenvalue weighted by Crippen LogP contribution is -2.27. The zero-order valence-corrected chi connectivity index (χ0v) is 11.5. The molecule has 0 saturated heterocycles. The lowest BCUT2D eigenvalue weighted by molar-refractivity contribution is 0.319. The molecular formula is C11H16BrClFN. The third kappa shape index (κ3) is 3.74. The van der Waals surface area contributed by atoms with Crippen LogP contribution in [0.3, 0.4) is 0 Å². The standard InChI is InChI=1S/C11H15BrFN.ClH/c1-11(2,3)10(14)8-6-7(12)4-5-9(8)13;/h4-6,10H,14H2,1-3H3;1H/t10-;/m1./s1. The first kappa shape index (κ1) is 14.9. The van der Waals surface area contributed by atoms with Gasteiger partial charge in [0.1, 0.15) is 5.82 Å². The molecule has 4 heteroatoms. The summed E-state index contributed by atoms with van der Waals surface area (Å²) in [6.45, 7) is 5.99. The van der Waals surface area contributed by atoms with Crippen molar-refractivity contribution in [2.75, 3.05) is 0 Å². The maximum absolute atomic E-state index is 13.4. The molecular weight excluding hydrogens is 280 g/mol. The maximum Gasteiger partial charge on any atom is 0.128 e. The SMILES string of the molecule is CC(C)(C)[C@H](N)c1cc(Br)ccc1F.Cl. The van der Waals surface area contributed by atoms with Gasteiger partial charge in [0.05, 0.1) is 0 Å². The Balaban J connectivity index is 0.00000196. The molecule has 0 aliphatic heterocycles. The molecule has 15 heavy (non-hydrogen) atoms. The van der Waals surface area contributed by atoms with E-state index >= 15 is 0 Å². The molecule has 0 saturated carbocycles. The van der Waals surface area contributed by atoms with Gasteiger partial charge in [-0.3, -0.25) is 0 Å². The minimum Gasteiger partial charge on any atom is -0.323 e. The van der Waals surface area contributed by atoms with E-state index in [1.165, 1.54) is 6.07 Å². The molecule has 0 aliphatic rings. The van der Waals surface area contributed by atoms with Gasteiger partial charge in [-0.05, 0) is 23.6 Å². The number of hydrogen-bond acceptors (Lipinski definition) is 1. The molecule has 86 valence electrons. The van der Waals surface area contributed by atoms with Crippen LogP contribution in [-0.2, 0) is 0 Å². The predicted octanol–water partition coefficient (Wildman–Crippen LogP) is 4.06. The fraction of sp³-hybridized carbons (Fsp3) is 0.455. The Morgan fingerprint density at radius 3 is 2.33 bits per heavy atom. The Morgan fingerprint density at radius 1 is 1.33 bits per heavy atom. The summed E-state index contributed by atoms with van der Waals surface area (Å²) in [5.74, 6) is -0.240. The van der Waals surface area contributed by atoms with E-state index in [-0.39, 0.29) is 29.7 Å². The monoisotopic (exact) mass is 295 g/mol. The average Bonchev–Trinajstić information content (AvgIpc) is 2.06. The van der Waals surface area contributed by atoms with E-state index < -0.39 is 0 Å². The van der Waals surface area contributed by atoms with Crippen molar-refractivity contribution in [1.29, 1.82) is 0 Å². The molecule has 1 aromatic rings. The van der Waals surface area contributed by atoms with Crippen LogP contribution in [0.25, 0.3) is 0 Å². The molecule has 1 nitrogen and oxygen atoms in total. The van der Waals surface area contributed by atoms with Gasteiger partial charge >= 0.3 is 0 Å². The number of hydrogen-bond donors (Lipinski definition) is 1. The summed E-state index contributed by atoms with van der Waals surface area (Å²) >= 11 is 3.31. The number of benzene rings is 1. The van der Waals surface area contributed by atoms with Gasteiger partial charge in [0.15, 0.2) is 0 Å². The molecule has 1 aromatic carbocycles. The number of rotatable bonds is 1. The molecule has 0 amide bonds. The van der Waals surface area contributed by atoms with Crippen LogP contribution in [0, 0.1) is 11.2 Å². The van der Waals surface area contributed by atoms with Crippen molar-refractivity contribution in [1.82, 2.24) is 0 Å². The highest BCUT2D eigenvalue weighted by molar-refractivity contribution is 9.10. The Kier molecular flexibility index (Phi) is 5.24. The average molecular weight is 297 g/mol. The second-order valence-electron chi connectivity index (χ2n) is 4.51. The van der Waals surface area contributed by atoms with Gasteiger partial charge in [0.2, 0.25) is 0 Å². The highest BCUT2D eigenvalue weighted by atomic mass is 79.9. The first-order valence-corrected chi connectivity index (χ1v) is 5.32. The van der Waals surface area contributed by atoms with Crippen molar-refractivity contribution in [3.8, 4) is 0 Å². The first-order valence-electron chi connectivity index (χ1n) is 4.53. The Morgan fingerprint density at radius 2 is 1.87 bits per heavy atom. The van der Waals surface area contributed by atoms with Crippen LogP contribution >= 0.6 is 28.3 Å². The minimum absolute atomic E-state index is 0. The van der Waals surface area contributed by atoms with E-state index in [4.69, 9.17) is 5.73 Å². The molecule has 0 bridgehead atoms. The summed E-state index contributed by atoms with van der Waals surface area (Å²) in [6, 6.07) is 4.56. The topological polar surface area (TPSA) is 26.0 Å². The highest BCUT2D eigenvalue weighted by Crippen LogP contribution is 2.32. The molecule has 0 aromatic heterocycles. The second-order valence-corrected chi connectivity index (χ2v) is 5.43. The third-order valence-corrected chi connectivity index (χ3v) is 2.72. The number of halogens is 3. The smallest absolute Gasteiger partial charge is 0.128 e. The lowest BCUT2D eigenvalue weighted by atomic mass is 9.83. The van der Waals surface area contributed by atoms with E-state index in [1.807, 2.05) is 20.8 Å². The molecule has 0 aliphatic carbocycles. The fourth-order valence-electron chi connectivity index (χ4n) is 1.22. The summed E-state index contributed by atoms with van der Waals surface area (Å²) in [6.07, 6.45) is 0. The van der Waals surface area contributed by atoms with Crippen LogP contribution < -0.4 is 5.73 Å². The van der Waals surface area contributed by atoms with Crippen LogP contribution in [0.1, 0.15) is 32.4 Å². The largest absolute Gasteiger partial charge is 0.323 e. The van der Waals surface area contributed by atoms with Gasteiger partial charge in [-0.1, -0.05) is 36.7 Å². The highest BCUT2D eigenvalue weighted by Gasteiger charge is 2.24. The van der Waals surface area contributed by atoms with Crippen molar-refractivity contribution < 1.29 is 4.39 Å². The zero-order valence-electron chi connectivity index (χ0n) is 9.05. The molecule has 0 radical (unpaired) electrons. The van der Waals surface area contributed by atoms with Crippen LogP contribution in [0.2, 0.25) is 0 Å². The molecule has 1 rings (SSSR count). The van der Waals surface area contributed by atoms with Crippen molar-refractivity contribution in [2.45, 2.75) is 26.8 Å². The van der Waals surface area contributed by atoms with Crippen LogP contribution in [-0.4, -0.2) is 0 Å². The van der Waals surface area contributed by atoms with Crippen molar-refractivity contribution in [3.05, 3.63) is 34.1 Å². The fourth-order valence-corrected chi connectivity index (χ4v) is 1.60.